The van der Waals surface area contributed by atoms with E-state index >= 15 is 0 Å². The minimum atomic E-state index is -0.194. The Hall–Kier alpha value is -0.930. The summed E-state index contributed by atoms with van der Waals surface area (Å²) in [6.07, 6.45) is 5.38. The van der Waals surface area contributed by atoms with Crippen molar-refractivity contribution in [2.24, 2.45) is 11.7 Å². The molecule has 2 nitrogen and oxygen atoms in total. The van der Waals surface area contributed by atoms with Crippen LogP contribution in [0.2, 0.25) is 0 Å². The van der Waals surface area contributed by atoms with Crippen LogP contribution in [0.1, 0.15) is 44.2 Å². The van der Waals surface area contributed by atoms with Gasteiger partial charge in [-0.3, -0.25) is 4.90 Å². The van der Waals surface area contributed by atoms with Gasteiger partial charge in [0.05, 0.1) is 0 Å². The van der Waals surface area contributed by atoms with Crippen LogP contribution in [0.25, 0.3) is 0 Å². The highest BCUT2D eigenvalue weighted by atomic mass is 19.1. The molecule has 104 valence electrons. The van der Waals surface area contributed by atoms with Crippen LogP contribution >= 0.6 is 0 Å². The van der Waals surface area contributed by atoms with Crippen LogP contribution in [-0.4, -0.2) is 23.5 Å². The van der Waals surface area contributed by atoms with Gasteiger partial charge in [-0.2, -0.15) is 0 Å². The topological polar surface area (TPSA) is 29.3 Å². The zero-order valence-electron chi connectivity index (χ0n) is 11.6. The summed E-state index contributed by atoms with van der Waals surface area (Å²) in [6.45, 7) is 3.41. The molecule has 2 atom stereocenters. The molecule has 2 fully saturated rings. The number of nitrogens with two attached hydrogens (primary N) is 1. The fraction of sp³-hybridized carbons (Fsp3) is 0.625. The summed E-state index contributed by atoms with van der Waals surface area (Å²) in [7, 11) is 0. The van der Waals surface area contributed by atoms with E-state index in [1.54, 1.807) is 0 Å². The molecule has 2 unspecified atom stereocenters. The number of halogens is 1. The molecule has 0 saturated heterocycles. The maximum absolute atomic E-state index is 13.0. The van der Waals surface area contributed by atoms with Crippen LogP contribution in [0.15, 0.2) is 24.3 Å². The fourth-order valence-electron chi connectivity index (χ4n) is 2.82. The maximum Gasteiger partial charge on any atom is 0.123 e. The number of hydrogen-bond donors (Lipinski definition) is 1. The Balaban J connectivity index is 1.69. The average Bonchev–Trinajstić information content (AvgIpc) is 3.28. The summed E-state index contributed by atoms with van der Waals surface area (Å²) < 4.78 is 13.0. The Bertz CT molecular complexity index is 423. The zero-order chi connectivity index (χ0) is 13.4. The molecule has 0 amide bonds. The van der Waals surface area contributed by atoms with Gasteiger partial charge in [-0.05, 0) is 56.2 Å². The first-order valence-corrected chi connectivity index (χ1v) is 7.42. The van der Waals surface area contributed by atoms with Crippen molar-refractivity contribution in [2.45, 2.75) is 50.7 Å². The van der Waals surface area contributed by atoms with E-state index in [0.29, 0.717) is 6.04 Å². The molecule has 0 aromatic heterocycles. The van der Waals surface area contributed by atoms with Crippen LogP contribution < -0.4 is 5.73 Å². The van der Waals surface area contributed by atoms with Crippen LogP contribution in [0, 0.1) is 11.7 Å². The van der Waals surface area contributed by atoms with Crippen molar-refractivity contribution >= 4 is 0 Å². The molecule has 0 bridgehead atoms. The number of benzene rings is 1. The van der Waals surface area contributed by atoms with Crippen molar-refractivity contribution in [3.8, 4) is 0 Å². The minimum absolute atomic E-state index is 0.0278. The molecule has 1 aromatic carbocycles. The maximum atomic E-state index is 13.0. The van der Waals surface area contributed by atoms with Gasteiger partial charge < -0.3 is 5.73 Å². The van der Waals surface area contributed by atoms with E-state index in [1.165, 1.54) is 44.4 Å². The minimum Gasteiger partial charge on any atom is -0.323 e. The molecular weight excluding hydrogens is 239 g/mol. The van der Waals surface area contributed by atoms with E-state index in [0.717, 1.165) is 17.5 Å². The van der Waals surface area contributed by atoms with Crippen molar-refractivity contribution in [3.05, 3.63) is 35.6 Å². The molecule has 0 radical (unpaired) electrons. The number of nitrogens with zero attached hydrogens (tertiary/aromatic N) is 1. The predicted octanol–water partition coefficient (Wildman–Crippen LogP) is 3.09. The van der Waals surface area contributed by atoms with Crippen molar-refractivity contribution in [1.82, 2.24) is 4.90 Å². The molecule has 2 aliphatic rings. The van der Waals surface area contributed by atoms with Crippen LogP contribution in [0.4, 0.5) is 4.39 Å². The van der Waals surface area contributed by atoms with Gasteiger partial charge in [0, 0.05) is 24.7 Å². The Morgan fingerprint density at radius 3 is 2.37 bits per heavy atom. The second-order valence-corrected chi connectivity index (χ2v) is 6.19. The Labute approximate surface area is 114 Å². The van der Waals surface area contributed by atoms with Gasteiger partial charge in [0.25, 0.3) is 0 Å². The van der Waals surface area contributed by atoms with E-state index in [2.05, 4.69) is 11.8 Å². The van der Waals surface area contributed by atoms with Crippen LogP contribution in [0.5, 0.6) is 0 Å². The Morgan fingerprint density at radius 2 is 1.84 bits per heavy atom. The van der Waals surface area contributed by atoms with E-state index in [4.69, 9.17) is 5.73 Å². The lowest BCUT2D eigenvalue weighted by Crippen LogP contribution is -2.43. The lowest BCUT2D eigenvalue weighted by molar-refractivity contribution is 0.167. The average molecular weight is 262 g/mol. The predicted molar refractivity (Wildman–Crippen MR) is 75.2 cm³/mol. The highest BCUT2D eigenvalue weighted by Gasteiger charge is 2.37. The molecule has 1 aromatic rings. The van der Waals surface area contributed by atoms with Crippen molar-refractivity contribution in [2.75, 3.05) is 6.54 Å². The normalized spacial score (nSPS) is 22.5. The smallest absolute Gasteiger partial charge is 0.123 e. The van der Waals surface area contributed by atoms with Gasteiger partial charge in [-0.15, -0.1) is 0 Å². The summed E-state index contributed by atoms with van der Waals surface area (Å²) in [4.78, 5) is 2.59. The number of rotatable bonds is 6. The lowest BCUT2D eigenvalue weighted by atomic mass is 9.99. The van der Waals surface area contributed by atoms with Crippen molar-refractivity contribution in [1.29, 1.82) is 0 Å². The summed E-state index contributed by atoms with van der Waals surface area (Å²) in [5, 5.41) is 0. The summed E-state index contributed by atoms with van der Waals surface area (Å²) >= 11 is 0. The van der Waals surface area contributed by atoms with Gasteiger partial charge in [-0.25, -0.2) is 4.39 Å². The molecule has 0 heterocycles. The van der Waals surface area contributed by atoms with E-state index in [9.17, 15) is 4.39 Å². The third-order valence-corrected chi connectivity index (χ3v) is 4.48. The third kappa shape index (κ3) is 3.15. The summed E-state index contributed by atoms with van der Waals surface area (Å²) in [6, 6.07) is 7.69. The second-order valence-electron chi connectivity index (χ2n) is 6.19. The largest absolute Gasteiger partial charge is 0.323 e. The van der Waals surface area contributed by atoms with Crippen LogP contribution in [0.3, 0.4) is 0 Å². The zero-order valence-corrected chi connectivity index (χ0v) is 11.6. The quantitative estimate of drug-likeness (QED) is 0.853. The first kappa shape index (κ1) is 13.1. The molecular formula is C16H23FN2. The van der Waals surface area contributed by atoms with E-state index in [1.807, 2.05) is 12.1 Å². The molecule has 3 rings (SSSR count). The first-order valence-electron chi connectivity index (χ1n) is 7.42. The standard InChI is InChI=1S/C16H23FN2/c1-11(16(18)13-4-6-14(17)7-5-13)19(15-8-9-15)10-12-2-3-12/h4-7,11-12,15-16H,2-3,8-10,18H2,1H3. The van der Waals surface area contributed by atoms with E-state index in [-0.39, 0.29) is 11.9 Å². The Morgan fingerprint density at radius 1 is 1.21 bits per heavy atom. The molecule has 2 N–H and O–H groups in total. The van der Waals surface area contributed by atoms with Crippen LogP contribution in [-0.2, 0) is 0 Å². The Kier molecular flexibility index (Phi) is 3.59. The third-order valence-electron chi connectivity index (χ3n) is 4.48. The molecule has 0 spiro atoms. The van der Waals surface area contributed by atoms with Gasteiger partial charge in [0.1, 0.15) is 5.82 Å². The highest BCUT2D eigenvalue weighted by molar-refractivity contribution is 5.21. The highest BCUT2D eigenvalue weighted by Crippen LogP contribution is 2.37. The lowest BCUT2D eigenvalue weighted by Gasteiger charge is -2.33. The second kappa shape index (κ2) is 5.22. The van der Waals surface area contributed by atoms with Gasteiger partial charge >= 0.3 is 0 Å². The molecule has 19 heavy (non-hydrogen) atoms. The monoisotopic (exact) mass is 262 g/mol. The van der Waals surface area contributed by atoms with Gasteiger partial charge in [0.2, 0.25) is 0 Å². The first-order chi connectivity index (χ1) is 9.15. The molecule has 2 aliphatic carbocycles. The van der Waals surface area contributed by atoms with E-state index < -0.39 is 0 Å². The van der Waals surface area contributed by atoms with Gasteiger partial charge in [-0.1, -0.05) is 12.1 Å². The number of hydrogen-bond acceptors (Lipinski definition) is 2. The van der Waals surface area contributed by atoms with Gasteiger partial charge in [0.15, 0.2) is 0 Å². The molecule has 3 heteroatoms. The van der Waals surface area contributed by atoms with Crippen molar-refractivity contribution < 1.29 is 4.39 Å². The molecule has 2 saturated carbocycles. The summed E-state index contributed by atoms with van der Waals surface area (Å²) in [5.41, 5.74) is 7.42. The SMILES string of the molecule is CC(C(N)c1ccc(F)cc1)N(CC1CC1)C1CC1. The molecule has 0 aliphatic heterocycles. The fourth-order valence-corrected chi connectivity index (χ4v) is 2.82. The summed E-state index contributed by atoms with van der Waals surface area (Å²) in [5.74, 6) is 0.698. The van der Waals surface area contributed by atoms with Crippen molar-refractivity contribution in [3.63, 3.8) is 0 Å².